The highest BCUT2D eigenvalue weighted by atomic mass is 15.3. The number of hydrogen-bond donors (Lipinski definition) is 0. The maximum absolute atomic E-state index is 2.87. The lowest BCUT2D eigenvalue weighted by molar-refractivity contribution is -0.0283. The van der Waals surface area contributed by atoms with Crippen molar-refractivity contribution in [2.75, 3.05) is 19.6 Å². The van der Waals surface area contributed by atoms with E-state index in [1.54, 1.807) is 0 Å². The van der Waals surface area contributed by atoms with Crippen molar-refractivity contribution in [2.24, 2.45) is 5.92 Å². The van der Waals surface area contributed by atoms with E-state index in [-0.39, 0.29) is 0 Å². The van der Waals surface area contributed by atoms with Gasteiger partial charge in [0.25, 0.3) is 0 Å². The summed E-state index contributed by atoms with van der Waals surface area (Å²) in [4.78, 5) is 5.66. The van der Waals surface area contributed by atoms with E-state index in [0.29, 0.717) is 0 Å². The van der Waals surface area contributed by atoms with Gasteiger partial charge >= 0.3 is 0 Å². The summed E-state index contributed by atoms with van der Waals surface area (Å²) in [6.07, 6.45) is 9.86. The number of nitrogens with zero attached hydrogens (tertiary/aromatic N) is 2. The normalized spacial score (nSPS) is 30.4. The molecule has 0 aromatic carbocycles. The number of piperidine rings is 1. The van der Waals surface area contributed by atoms with E-state index in [1.807, 2.05) is 0 Å². The average molecular weight is 280 g/mol. The van der Waals surface area contributed by atoms with Crippen molar-refractivity contribution in [1.29, 1.82) is 0 Å². The summed E-state index contributed by atoms with van der Waals surface area (Å²) in [5.74, 6) is 0.784. The van der Waals surface area contributed by atoms with Gasteiger partial charge in [-0.05, 0) is 38.6 Å². The Morgan fingerprint density at radius 1 is 1.05 bits per heavy atom. The van der Waals surface area contributed by atoms with Crippen LogP contribution in [0.1, 0.15) is 72.6 Å². The highest BCUT2D eigenvalue weighted by Gasteiger charge is 2.37. The van der Waals surface area contributed by atoms with Gasteiger partial charge in [0.15, 0.2) is 0 Å². The van der Waals surface area contributed by atoms with Gasteiger partial charge in [0.1, 0.15) is 0 Å². The van der Waals surface area contributed by atoms with Crippen LogP contribution in [0, 0.1) is 5.92 Å². The molecule has 0 saturated carbocycles. The minimum atomic E-state index is 0.776. The Bertz CT molecular complexity index is 277. The van der Waals surface area contributed by atoms with Crippen LogP contribution < -0.4 is 0 Å². The maximum Gasteiger partial charge on any atom is 0.0249 e. The summed E-state index contributed by atoms with van der Waals surface area (Å²) < 4.78 is 0. The van der Waals surface area contributed by atoms with E-state index in [4.69, 9.17) is 0 Å². The second-order valence-electron chi connectivity index (χ2n) is 7.50. The number of rotatable bonds is 6. The molecule has 0 bridgehead atoms. The lowest BCUT2D eigenvalue weighted by Gasteiger charge is -2.52. The fraction of sp³-hybridized carbons (Fsp3) is 1.00. The molecule has 2 nitrogen and oxygen atoms in total. The first-order valence-electron chi connectivity index (χ1n) is 9.13. The SMILES string of the molecule is CCCCCC(C)N1CC2CCCCN2CC1C(C)C. The first-order chi connectivity index (χ1) is 9.63. The highest BCUT2D eigenvalue weighted by molar-refractivity contribution is 4.93. The molecule has 0 aromatic rings. The zero-order valence-electron chi connectivity index (χ0n) is 14.3. The molecule has 2 heterocycles. The van der Waals surface area contributed by atoms with Crippen LogP contribution in [0.15, 0.2) is 0 Å². The van der Waals surface area contributed by atoms with Crippen LogP contribution in [0.25, 0.3) is 0 Å². The van der Waals surface area contributed by atoms with Crippen LogP contribution in [0.4, 0.5) is 0 Å². The zero-order chi connectivity index (χ0) is 14.5. The molecule has 2 aliphatic heterocycles. The maximum atomic E-state index is 2.87. The van der Waals surface area contributed by atoms with Gasteiger partial charge in [-0.2, -0.15) is 0 Å². The summed E-state index contributed by atoms with van der Waals surface area (Å²) in [5.41, 5.74) is 0. The van der Waals surface area contributed by atoms with Gasteiger partial charge in [0.2, 0.25) is 0 Å². The van der Waals surface area contributed by atoms with E-state index in [0.717, 1.165) is 24.0 Å². The van der Waals surface area contributed by atoms with Crippen molar-refractivity contribution >= 4 is 0 Å². The topological polar surface area (TPSA) is 6.48 Å². The summed E-state index contributed by atoms with van der Waals surface area (Å²) in [6, 6.07) is 2.41. The molecule has 0 N–H and O–H groups in total. The number of hydrogen-bond acceptors (Lipinski definition) is 2. The second-order valence-corrected chi connectivity index (χ2v) is 7.50. The molecule has 2 fully saturated rings. The molecule has 2 heteroatoms. The van der Waals surface area contributed by atoms with Gasteiger partial charge in [-0.25, -0.2) is 0 Å². The Morgan fingerprint density at radius 3 is 2.55 bits per heavy atom. The average Bonchev–Trinajstić information content (AvgIpc) is 2.46. The molecule has 0 amide bonds. The van der Waals surface area contributed by atoms with Gasteiger partial charge < -0.3 is 0 Å². The van der Waals surface area contributed by atoms with Gasteiger partial charge in [-0.3, -0.25) is 9.80 Å². The quantitative estimate of drug-likeness (QED) is 0.674. The first-order valence-corrected chi connectivity index (χ1v) is 9.13. The fourth-order valence-electron chi connectivity index (χ4n) is 4.19. The lowest BCUT2D eigenvalue weighted by atomic mass is 9.90. The first kappa shape index (κ1) is 16.3. The molecular formula is C18H36N2. The van der Waals surface area contributed by atoms with Gasteiger partial charge in [-0.1, -0.05) is 46.5 Å². The molecular weight excluding hydrogens is 244 g/mol. The van der Waals surface area contributed by atoms with E-state index in [2.05, 4.69) is 37.5 Å². The molecule has 2 rings (SSSR count). The van der Waals surface area contributed by atoms with Crippen LogP contribution in [-0.4, -0.2) is 47.6 Å². The predicted molar refractivity (Wildman–Crippen MR) is 88.1 cm³/mol. The Kier molecular flexibility index (Phi) is 6.35. The standard InChI is InChI=1S/C18H36N2/c1-5-6-7-10-16(4)20-13-17-11-8-9-12-19(17)14-18(20)15(2)3/h15-18H,5-14H2,1-4H3. The Labute approximate surface area is 126 Å². The van der Waals surface area contributed by atoms with Crippen molar-refractivity contribution < 1.29 is 0 Å². The van der Waals surface area contributed by atoms with Crippen molar-refractivity contribution in [1.82, 2.24) is 9.80 Å². The Morgan fingerprint density at radius 2 is 1.85 bits per heavy atom. The zero-order valence-corrected chi connectivity index (χ0v) is 14.3. The van der Waals surface area contributed by atoms with E-state index >= 15 is 0 Å². The van der Waals surface area contributed by atoms with Crippen LogP contribution >= 0.6 is 0 Å². The third-order valence-corrected chi connectivity index (χ3v) is 5.58. The van der Waals surface area contributed by atoms with Crippen molar-refractivity contribution in [3.05, 3.63) is 0 Å². The second kappa shape index (κ2) is 7.79. The molecule has 2 saturated heterocycles. The third kappa shape index (κ3) is 3.98. The molecule has 0 aliphatic carbocycles. The molecule has 3 unspecified atom stereocenters. The highest BCUT2D eigenvalue weighted by Crippen LogP contribution is 2.29. The monoisotopic (exact) mass is 280 g/mol. The van der Waals surface area contributed by atoms with Gasteiger partial charge in [-0.15, -0.1) is 0 Å². The van der Waals surface area contributed by atoms with E-state index < -0.39 is 0 Å². The predicted octanol–water partition coefficient (Wildman–Crippen LogP) is 4.15. The lowest BCUT2D eigenvalue weighted by Crippen LogP contribution is -2.62. The molecule has 0 aromatic heterocycles. The van der Waals surface area contributed by atoms with Crippen LogP contribution in [-0.2, 0) is 0 Å². The van der Waals surface area contributed by atoms with Gasteiger partial charge in [0, 0.05) is 31.2 Å². The summed E-state index contributed by atoms with van der Waals surface area (Å²) in [5, 5.41) is 0. The fourth-order valence-corrected chi connectivity index (χ4v) is 4.19. The third-order valence-electron chi connectivity index (χ3n) is 5.58. The Hall–Kier alpha value is -0.0800. The van der Waals surface area contributed by atoms with Crippen molar-refractivity contribution in [3.63, 3.8) is 0 Å². The van der Waals surface area contributed by atoms with Crippen LogP contribution in [0.2, 0.25) is 0 Å². The largest absolute Gasteiger partial charge is 0.298 e. The molecule has 20 heavy (non-hydrogen) atoms. The number of fused-ring (bicyclic) bond motifs is 1. The summed E-state index contributed by atoms with van der Waals surface area (Å²) >= 11 is 0. The van der Waals surface area contributed by atoms with Crippen LogP contribution in [0.5, 0.6) is 0 Å². The van der Waals surface area contributed by atoms with Crippen LogP contribution in [0.3, 0.4) is 0 Å². The molecule has 118 valence electrons. The van der Waals surface area contributed by atoms with E-state index in [9.17, 15) is 0 Å². The van der Waals surface area contributed by atoms with Crippen molar-refractivity contribution in [3.8, 4) is 0 Å². The molecule has 2 aliphatic rings. The summed E-state index contributed by atoms with van der Waals surface area (Å²) in [7, 11) is 0. The van der Waals surface area contributed by atoms with Crippen molar-refractivity contribution in [2.45, 2.75) is 90.8 Å². The molecule has 0 radical (unpaired) electrons. The number of unbranched alkanes of at least 4 members (excludes halogenated alkanes) is 2. The summed E-state index contributed by atoms with van der Waals surface area (Å²) in [6.45, 7) is 13.6. The van der Waals surface area contributed by atoms with Gasteiger partial charge in [0.05, 0.1) is 0 Å². The minimum absolute atomic E-state index is 0.776. The molecule has 0 spiro atoms. The smallest absolute Gasteiger partial charge is 0.0249 e. The Balaban J connectivity index is 1.96. The minimum Gasteiger partial charge on any atom is -0.298 e. The van der Waals surface area contributed by atoms with E-state index in [1.165, 1.54) is 64.6 Å². The molecule has 3 atom stereocenters. The number of piperazine rings is 1.